The van der Waals surface area contributed by atoms with E-state index in [1.165, 1.54) is 36.8 Å². The van der Waals surface area contributed by atoms with E-state index >= 15 is 0 Å². The van der Waals surface area contributed by atoms with E-state index in [0.717, 1.165) is 13.0 Å². The standard InChI is InChI=1S/C19H28N2O2/c1-2-10-21(11-12-22)18(23)20-14-16-13-19(16)9-5-7-15-6-3-4-8-17(15)19/h3-4,6,8,16,22H,2,5,7,9-14H2,1H3,(H,20,23). The zero-order chi connectivity index (χ0) is 16.3. The molecule has 23 heavy (non-hydrogen) atoms. The van der Waals surface area contributed by atoms with Crippen molar-refractivity contribution in [2.24, 2.45) is 5.92 Å². The Labute approximate surface area is 138 Å². The van der Waals surface area contributed by atoms with Gasteiger partial charge in [-0.15, -0.1) is 0 Å². The van der Waals surface area contributed by atoms with E-state index in [9.17, 15) is 4.79 Å². The van der Waals surface area contributed by atoms with Crippen molar-refractivity contribution in [3.05, 3.63) is 35.4 Å². The molecule has 2 aliphatic rings. The molecule has 1 fully saturated rings. The second-order valence-electron chi connectivity index (χ2n) is 6.96. The molecule has 0 aliphatic heterocycles. The number of fused-ring (bicyclic) bond motifs is 2. The molecule has 2 N–H and O–H groups in total. The number of urea groups is 1. The van der Waals surface area contributed by atoms with E-state index in [0.29, 0.717) is 24.4 Å². The number of aliphatic hydroxyl groups excluding tert-OH is 1. The number of carbonyl (C=O) groups is 1. The molecule has 0 aromatic heterocycles. The fraction of sp³-hybridized carbons (Fsp3) is 0.632. The molecule has 2 atom stereocenters. The molecule has 3 rings (SSSR count). The van der Waals surface area contributed by atoms with Crippen LogP contribution in [0.5, 0.6) is 0 Å². The smallest absolute Gasteiger partial charge is 0.317 e. The predicted molar refractivity (Wildman–Crippen MR) is 91.5 cm³/mol. The Bertz CT molecular complexity index is 554. The molecule has 126 valence electrons. The number of aliphatic hydroxyl groups is 1. The summed E-state index contributed by atoms with van der Waals surface area (Å²) in [6, 6.07) is 8.78. The van der Waals surface area contributed by atoms with E-state index in [1.807, 2.05) is 6.92 Å². The Morgan fingerprint density at radius 3 is 3.00 bits per heavy atom. The molecule has 2 aliphatic carbocycles. The lowest BCUT2D eigenvalue weighted by atomic mass is 9.78. The fourth-order valence-corrected chi connectivity index (χ4v) is 4.27. The maximum atomic E-state index is 12.3. The summed E-state index contributed by atoms with van der Waals surface area (Å²) in [4.78, 5) is 14.0. The number of rotatable bonds is 6. The maximum absolute atomic E-state index is 12.3. The number of hydrogen-bond donors (Lipinski definition) is 2. The van der Waals surface area contributed by atoms with Crippen LogP contribution in [-0.2, 0) is 11.8 Å². The normalized spacial score (nSPS) is 25.0. The predicted octanol–water partition coefficient (Wildman–Crippen LogP) is 2.69. The second-order valence-corrected chi connectivity index (χ2v) is 6.96. The van der Waals surface area contributed by atoms with Gasteiger partial charge in [0.25, 0.3) is 0 Å². The molecule has 1 aromatic carbocycles. The third-order valence-electron chi connectivity index (χ3n) is 5.51. The zero-order valence-corrected chi connectivity index (χ0v) is 14.1. The number of nitrogens with zero attached hydrogens (tertiary/aromatic N) is 1. The molecular formula is C19H28N2O2. The number of benzene rings is 1. The van der Waals surface area contributed by atoms with Gasteiger partial charge in [0.1, 0.15) is 0 Å². The van der Waals surface area contributed by atoms with Crippen molar-refractivity contribution < 1.29 is 9.90 Å². The van der Waals surface area contributed by atoms with E-state index in [4.69, 9.17) is 5.11 Å². The minimum absolute atomic E-state index is 0.0220. The highest BCUT2D eigenvalue weighted by atomic mass is 16.3. The monoisotopic (exact) mass is 316 g/mol. The molecule has 0 heterocycles. The van der Waals surface area contributed by atoms with Crippen molar-refractivity contribution in [1.82, 2.24) is 10.2 Å². The van der Waals surface area contributed by atoms with Crippen LogP contribution in [-0.4, -0.2) is 42.3 Å². The molecule has 1 spiro atoms. The van der Waals surface area contributed by atoms with Crippen molar-refractivity contribution in [3.63, 3.8) is 0 Å². The summed E-state index contributed by atoms with van der Waals surface area (Å²) in [5.74, 6) is 0.561. The van der Waals surface area contributed by atoms with Crippen LogP contribution in [0.3, 0.4) is 0 Å². The van der Waals surface area contributed by atoms with Crippen LogP contribution in [0, 0.1) is 5.92 Å². The molecular weight excluding hydrogens is 288 g/mol. The van der Waals surface area contributed by atoms with Gasteiger partial charge in [-0.1, -0.05) is 31.2 Å². The summed E-state index contributed by atoms with van der Waals surface area (Å²) < 4.78 is 0. The third kappa shape index (κ3) is 3.23. The van der Waals surface area contributed by atoms with Crippen LogP contribution < -0.4 is 5.32 Å². The minimum atomic E-state index is -0.0351. The molecule has 4 heteroatoms. The van der Waals surface area contributed by atoms with Crippen LogP contribution >= 0.6 is 0 Å². The maximum Gasteiger partial charge on any atom is 0.317 e. The van der Waals surface area contributed by atoms with Crippen LogP contribution in [0.4, 0.5) is 4.79 Å². The van der Waals surface area contributed by atoms with Crippen LogP contribution in [0.25, 0.3) is 0 Å². The van der Waals surface area contributed by atoms with Gasteiger partial charge in [-0.05, 0) is 49.1 Å². The summed E-state index contributed by atoms with van der Waals surface area (Å²) in [6.07, 6.45) is 5.80. The van der Waals surface area contributed by atoms with Crippen molar-refractivity contribution in [3.8, 4) is 0 Å². The van der Waals surface area contributed by atoms with E-state index in [2.05, 4.69) is 29.6 Å². The second kappa shape index (κ2) is 6.91. The van der Waals surface area contributed by atoms with Gasteiger partial charge in [-0.3, -0.25) is 0 Å². The summed E-state index contributed by atoms with van der Waals surface area (Å²) in [5, 5.41) is 12.2. The number of hydrogen-bond acceptors (Lipinski definition) is 2. The molecule has 2 amide bonds. The van der Waals surface area contributed by atoms with E-state index < -0.39 is 0 Å². The minimum Gasteiger partial charge on any atom is -0.395 e. The third-order valence-corrected chi connectivity index (χ3v) is 5.51. The summed E-state index contributed by atoms with van der Waals surface area (Å²) in [7, 11) is 0. The van der Waals surface area contributed by atoms with Gasteiger partial charge in [0.2, 0.25) is 0 Å². The van der Waals surface area contributed by atoms with Gasteiger partial charge in [0.05, 0.1) is 6.61 Å². The molecule has 2 unspecified atom stereocenters. The van der Waals surface area contributed by atoms with Gasteiger partial charge in [-0.2, -0.15) is 0 Å². The lowest BCUT2D eigenvalue weighted by molar-refractivity contribution is 0.176. The largest absolute Gasteiger partial charge is 0.395 e. The average Bonchev–Trinajstić information content (AvgIpc) is 3.26. The van der Waals surface area contributed by atoms with Crippen molar-refractivity contribution in [1.29, 1.82) is 0 Å². The van der Waals surface area contributed by atoms with Crippen molar-refractivity contribution >= 4 is 6.03 Å². The highest BCUT2D eigenvalue weighted by Crippen LogP contribution is 2.59. The Morgan fingerprint density at radius 1 is 1.39 bits per heavy atom. The lowest BCUT2D eigenvalue weighted by Crippen LogP contribution is -2.43. The zero-order valence-electron chi connectivity index (χ0n) is 14.1. The van der Waals surface area contributed by atoms with Gasteiger partial charge in [0, 0.05) is 25.0 Å². The Hall–Kier alpha value is -1.55. The Kier molecular flexibility index (Phi) is 4.90. The highest BCUT2D eigenvalue weighted by Gasteiger charge is 2.56. The van der Waals surface area contributed by atoms with Gasteiger partial charge >= 0.3 is 6.03 Å². The first-order valence-corrected chi connectivity index (χ1v) is 8.93. The average molecular weight is 316 g/mol. The molecule has 1 saturated carbocycles. The SMILES string of the molecule is CCCN(CCO)C(=O)NCC1CC12CCCc1ccccc12. The van der Waals surface area contributed by atoms with Crippen molar-refractivity contribution in [2.75, 3.05) is 26.2 Å². The summed E-state index contributed by atoms with van der Waals surface area (Å²) >= 11 is 0. The summed E-state index contributed by atoms with van der Waals surface area (Å²) in [6.45, 7) is 3.93. The first kappa shape index (κ1) is 16.3. The van der Waals surface area contributed by atoms with Gasteiger partial charge in [-0.25, -0.2) is 4.79 Å². The Morgan fingerprint density at radius 2 is 2.22 bits per heavy atom. The summed E-state index contributed by atoms with van der Waals surface area (Å²) in [5.41, 5.74) is 3.33. The first-order valence-electron chi connectivity index (χ1n) is 8.93. The molecule has 0 saturated heterocycles. The molecule has 0 radical (unpaired) electrons. The number of nitrogens with one attached hydrogen (secondary N) is 1. The van der Waals surface area contributed by atoms with E-state index in [-0.39, 0.29) is 12.6 Å². The highest BCUT2D eigenvalue weighted by molar-refractivity contribution is 5.74. The van der Waals surface area contributed by atoms with Crippen LogP contribution in [0.2, 0.25) is 0 Å². The van der Waals surface area contributed by atoms with Gasteiger partial charge in [0.15, 0.2) is 0 Å². The lowest BCUT2D eigenvalue weighted by Gasteiger charge is -2.27. The van der Waals surface area contributed by atoms with Crippen LogP contribution in [0.15, 0.2) is 24.3 Å². The molecule has 4 nitrogen and oxygen atoms in total. The van der Waals surface area contributed by atoms with Crippen LogP contribution in [0.1, 0.15) is 43.7 Å². The first-order chi connectivity index (χ1) is 11.2. The quantitative estimate of drug-likeness (QED) is 0.848. The van der Waals surface area contributed by atoms with E-state index in [1.54, 1.807) is 4.90 Å². The fourth-order valence-electron chi connectivity index (χ4n) is 4.27. The Balaban J connectivity index is 1.59. The number of amides is 2. The topological polar surface area (TPSA) is 52.6 Å². The molecule has 0 bridgehead atoms. The van der Waals surface area contributed by atoms with Crippen molar-refractivity contribution in [2.45, 2.75) is 44.4 Å². The number of aryl methyl sites for hydroxylation is 1. The van der Waals surface area contributed by atoms with Gasteiger partial charge < -0.3 is 15.3 Å². The molecule has 1 aromatic rings. The number of carbonyl (C=O) groups excluding carboxylic acids is 1.